The van der Waals surface area contributed by atoms with E-state index in [4.69, 9.17) is 4.74 Å². The van der Waals surface area contributed by atoms with Crippen LogP contribution >= 0.6 is 0 Å². The molecule has 0 saturated carbocycles. The van der Waals surface area contributed by atoms with Crippen LogP contribution < -0.4 is 4.74 Å². The fourth-order valence-electron chi connectivity index (χ4n) is 4.14. The molecule has 0 aliphatic carbocycles. The predicted molar refractivity (Wildman–Crippen MR) is 114 cm³/mol. The first-order valence-corrected chi connectivity index (χ1v) is 10.7. The Hall–Kier alpha value is -2.41. The highest BCUT2D eigenvalue weighted by Gasteiger charge is 2.33. The number of likely N-dealkylation sites (tertiary alicyclic amines) is 1. The highest BCUT2D eigenvalue weighted by atomic mass is 19.1. The molecule has 164 valence electrons. The molecule has 1 atom stereocenters. The van der Waals surface area contributed by atoms with Gasteiger partial charge >= 0.3 is 0 Å². The number of halogens is 1. The summed E-state index contributed by atoms with van der Waals surface area (Å²) in [6.45, 7) is 12.9. The summed E-state index contributed by atoms with van der Waals surface area (Å²) in [6, 6.07) is 4.70. The lowest BCUT2D eigenvalue weighted by Gasteiger charge is -2.35. The molecular weight excluding hydrogens is 385 g/mol. The van der Waals surface area contributed by atoms with Crippen molar-refractivity contribution >= 4 is 11.8 Å². The zero-order valence-electron chi connectivity index (χ0n) is 18.0. The largest absolute Gasteiger partial charge is 0.492 e. The van der Waals surface area contributed by atoms with Gasteiger partial charge in [0.2, 0.25) is 11.8 Å². The molecule has 1 aromatic carbocycles. The Bertz CT molecular complexity index is 775. The first kappa shape index (κ1) is 22.3. The Morgan fingerprint density at radius 1 is 1.20 bits per heavy atom. The summed E-state index contributed by atoms with van der Waals surface area (Å²) in [7, 11) is 0. The van der Waals surface area contributed by atoms with Crippen molar-refractivity contribution in [3.05, 3.63) is 42.2 Å². The summed E-state index contributed by atoms with van der Waals surface area (Å²) >= 11 is 0. The Labute approximate surface area is 178 Å². The van der Waals surface area contributed by atoms with Crippen LogP contribution in [0.15, 0.2) is 30.9 Å². The zero-order valence-corrected chi connectivity index (χ0v) is 18.0. The number of carbonyl (C=O) groups is 2. The van der Waals surface area contributed by atoms with E-state index in [2.05, 4.69) is 25.3 Å². The fourth-order valence-corrected chi connectivity index (χ4v) is 4.14. The number of hydrogen-bond acceptors (Lipinski definition) is 4. The van der Waals surface area contributed by atoms with Crippen molar-refractivity contribution in [3.8, 4) is 5.75 Å². The maximum Gasteiger partial charge on any atom is 0.245 e. The van der Waals surface area contributed by atoms with Gasteiger partial charge in [0.25, 0.3) is 0 Å². The molecule has 0 aromatic heterocycles. The lowest BCUT2D eigenvalue weighted by atomic mass is 10.0. The van der Waals surface area contributed by atoms with E-state index in [1.807, 2.05) is 4.90 Å². The molecule has 2 amide bonds. The molecule has 0 bridgehead atoms. The lowest BCUT2D eigenvalue weighted by Crippen LogP contribution is -2.51. The first-order valence-electron chi connectivity index (χ1n) is 10.7. The molecule has 0 spiro atoms. The number of amides is 2. The molecule has 3 rings (SSSR count). The third-order valence-corrected chi connectivity index (χ3v) is 5.97. The van der Waals surface area contributed by atoms with Gasteiger partial charge in [0.05, 0.1) is 5.92 Å². The van der Waals surface area contributed by atoms with Gasteiger partial charge < -0.3 is 14.5 Å². The summed E-state index contributed by atoms with van der Waals surface area (Å²) < 4.78 is 19.4. The van der Waals surface area contributed by atoms with Gasteiger partial charge in [-0.3, -0.25) is 14.5 Å². The van der Waals surface area contributed by atoms with Gasteiger partial charge in [-0.05, 0) is 30.0 Å². The minimum atomic E-state index is -0.290. The van der Waals surface area contributed by atoms with Gasteiger partial charge in [-0.25, -0.2) is 4.39 Å². The van der Waals surface area contributed by atoms with Crippen LogP contribution in [0.2, 0.25) is 0 Å². The summed E-state index contributed by atoms with van der Waals surface area (Å²) in [5.41, 5.74) is 1.01. The first-order chi connectivity index (χ1) is 14.4. The quantitative estimate of drug-likeness (QED) is 0.640. The van der Waals surface area contributed by atoms with Crippen LogP contribution in [-0.2, 0) is 9.59 Å². The van der Waals surface area contributed by atoms with Crippen molar-refractivity contribution in [1.82, 2.24) is 14.7 Å². The minimum Gasteiger partial charge on any atom is -0.492 e. The molecule has 1 unspecified atom stereocenters. The second kappa shape index (κ2) is 10.1. The Morgan fingerprint density at radius 2 is 1.93 bits per heavy atom. The number of nitrogens with zero attached hydrogens (tertiary/aromatic N) is 3. The van der Waals surface area contributed by atoms with E-state index in [-0.39, 0.29) is 29.5 Å². The predicted octanol–water partition coefficient (Wildman–Crippen LogP) is 2.51. The standard InChI is InChI=1S/C23H32FN3O3/c1-4-22(28)27-8-7-18(16-27)23(29)26-11-9-25(10-12-26)13-14-30-21-15-19(24)5-6-20(21)17(2)3/h4-6,15,17-18H,1,7-14,16H2,2-3H3. The van der Waals surface area contributed by atoms with Crippen molar-refractivity contribution < 1.29 is 18.7 Å². The molecule has 2 saturated heterocycles. The summed E-state index contributed by atoms with van der Waals surface area (Å²) in [5.74, 6) is 0.524. The summed E-state index contributed by atoms with van der Waals surface area (Å²) in [6.07, 6.45) is 2.03. The van der Waals surface area contributed by atoms with Crippen LogP contribution in [0.4, 0.5) is 4.39 Å². The SMILES string of the molecule is C=CC(=O)N1CCC(C(=O)N2CCN(CCOc3cc(F)ccc3C(C)C)CC2)C1. The number of carbonyl (C=O) groups excluding carboxylic acids is 2. The Kier molecular flexibility index (Phi) is 7.48. The van der Waals surface area contributed by atoms with Crippen LogP contribution in [0.25, 0.3) is 0 Å². The monoisotopic (exact) mass is 417 g/mol. The lowest BCUT2D eigenvalue weighted by molar-refractivity contribution is -0.137. The van der Waals surface area contributed by atoms with Crippen LogP contribution in [0.3, 0.4) is 0 Å². The molecule has 2 fully saturated rings. The average Bonchev–Trinajstić information content (AvgIpc) is 3.23. The Balaban J connectivity index is 1.42. The number of benzene rings is 1. The normalized spacial score (nSPS) is 19.9. The molecule has 1 aromatic rings. The Morgan fingerprint density at radius 3 is 2.60 bits per heavy atom. The van der Waals surface area contributed by atoms with E-state index < -0.39 is 0 Å². The number of piperazine rings is 1. The van der Waals surface area contributed by atoms with E-state index in [0.29, 0.717) is 38.5 Å². The van der Waals surface area contributed by atoms with Crippen molar-refractivity contribution in [2.45, 2.75) is 26.2 Å². The summed E-state index contributed by atoms with van der Waals surface area (Å²) in [5, 5.41) is 0. The van der Waals surface area contributed by atoms with Crippen LogP contribution in [0, 0.1) is 11.7 Å². The number of rotatable bonds is 7. The molecular formula is C23H32FN3O3. The van der Waals surface area contributed by atoms with Crippen LogP contribution in [0.1, 0.15) is 31.7 Å². The van der Waals surface area contributed by atoms with Crippen molar-refractivity contribution in [2.75, 3.05) is 52.4 Å². The maximum atomic E-state index is 13.6. The number of ether oxygens (including phenoxy) is 1. The zero-order chi connectivity index (χ0) is 21.7. The molecule has 2 aliphatic rings. The highest BCUT2D eigenvalue weighted by Crippen LogP contribution is 2.27. The van der Waals surface area contributed by atoms with Crippen molar-refractivity contribution in [1.29, 1.82) is 0 Å². The molecule has 2 aliphatic heterocycles. The van der Waals surface area contributed by atoms with E-state index in [1.54, 1.807) is 11.0 Å². The van der Waals surface area contributed by atoms with Gasteiger partial charge in [0.1, 0.15) is 18.2 Å². The maximum absolute atomic E-state index is 13.6. The average molecular weight is 418 g/mol. The second-order valence-corrected chi connectivity index (χ2v) is 8.33. The topological polar surface area (TPSA) is 53.1 Å². The van der Waals surface area contributed by atoms with Crippen LogP contribution in [-0.4, -0.2) is 78.9 Å². The van der Waals surface area contributed by atoms with E-state index in [1.165, 1.54) is 18.2 Å². The van der Waals surface area contributed by atoms with Gasteiger partial charge in [0, 0.05) is 51.9 Å². The van der Waals surface area contributed by atoms with E-state index >= 15 is 0 Å². The van der Waals surface area contributed by atoms with Gasteiger partial charge in [-0.15, -0.1) is 0 Å². The van der Waals surface area contributed by atoms with Crippen molar-refractivity contribution in [2.24, 2.45) is 5.92 Å². The second-order valence-electron chi connectivity index (χ2n) is 8.33. The van der Waals surface area contributed by atoms with Crippen molar-refractivity contribution in [3.63, 3.8) is 0 Å². The highest BCUT2D eigenvalue weighted by molar-refractivity contribution is 5.88. The van der Waals surface area contributed by atoms with Gasteiger partial charge in [0.15, 0.2) is 0 Å². The van der Waals surface area contributed by atoms with Gasteiger partial charge in [-0.2, -0.15) is 0 Å². The van der Waals surface area contributed by atoms with E-state index in [0.717, 1.165) is 31.6 Å². The molecule has 30 heavy (non-hydrogen) atoms. The number of hydrogen-bond donors (Lipinski definition) is 0. The summed E-state index contributed by atoms with van der Waals surface area (Å²) in [4.78, 5) is 30.4. The third-order valence-electron chi connectivity index (χ3n) is 5.97. The molecule has 0 radical (unpaired) electrons. The molecule has 6 nitrogen and oxygen atoms in total. The smallest absolute Gasteiger partial charge is 0.245 e. The minimum absolute atomic E-state index is 0.103. The molecule has 2 heterocycles. The van der Waals surface area contributed by atoms with Crippen LogP contribution in [0.5, 0.6) is 5.75 Å². The van der Waals surface area contributed by atoms with E-state index in [9.17, 15) is 14.0 Å². The molecule has 0 N–H and O–H groups in total. The van der Waals surface area contributed by atoms with Gasteiger partial charge in [-0.1, -0.05) is 26.5 Å². The molecule has 7 heteroatoms. The third kappa shape index (κ3) is 5.39. The fraction of sp³-hybridized carbons (Fsp3) is 0.565.